The Balaban J connectivity index is 1.83. The van der Waals surface area contributed by atoms with Crippen LogP contribution in [0, 0.1) is 0 Å². The minimum absolute atomic E-state index is 0.678. The van der Waals surface area contributed by atoms with Crippen molar-refractivity contribution in [1.29, 1.82) is 0 Å². The summed E-state index contributed by atoms with van der Waals surface area (Å²) in [5.74, 6) is 1.57. The van der Waals surface area contributed by atoms with Gasteiger partial charge >= 0.3 is 0 Å². The van der Waals surface area contributed by atoms with Crippen LogP contribution < -0.4 is 4.90 Å². The summed E-state index contributed by atoms with van der Waals surface area (Å²) >= 11 is 9.73. The van der Waals surface area contributed by atoms with Gasteiger partial charge in [-0.15, -0.1) is 0 Å². The molecule has 0 bridgehead atoms. The molecule has 0 aliphatic heterocycles. The van der Waals surface area contributed by atoms with E-state index in [2.05, 4.69) is 33.0 Å². The molecule has 4 aromatic rings. The molecule has 0 aliphatic carbocycles. The van der Waals surface area contributed by atoms with Crippen LogP contribution in [-0.2, 0) is 6.54 Å². The van der Waals surface area contributed by atoms with Crippen molar-refractivity contribution >= 4 is 44.3 Å². The van der Waals surface area contributed by atoms with Crippen LogP contribution in [0.25, 0.3) is 22.3 Å². The normalized spacial score (nSPS) is 10.9. The summed E-state index contributed by atoms with van der Waals surface area (Å²) in [7, 11) is 2.04. The second kappa shape index (κ2) is 7.67. The molecule has 0 aliphatic rings. The van der Waals surface area contributed by atoms with Gasteiger partial charge in [-0.3, -0.25) is 0 Å². The van der Waals surface area contributed by atoms with Crippen molar-refractivity contribution in [2.45, 2.75) is 6.54 Å². The van der Waals surface area contributed by atoms with E-state index in [1.807, 2.05) is 67.7 Å². The monoisotopic (exact) mass is 437 g/mol. The van der Waals surface area contributed by atoms with Gasteiger partial charge in [-0.05, 0) is 35.9 Å². The van der Waals surface area contributed by atoms with Gasteiger partial charge in [0.1, 0.15) is 5.82 Å². The first kappa shape index (κ1) is 18.0. The Bertz CT molecular complexity index is 1080. The first-order valence-electron chi connectivity index (χ1n) is 8.58. The number of rotatable bonds is 4. The highest BCUT2D eigenvalue weighted by Crippen LogP contribution is 2.30. The van der Waals surface area contributed by atoms with Crippen LogP contribution in [-0.4, -0.2) is 17.0 Å². The number of hydrogen-bond acceptors (Lipinski definition) is 3. The maximum absolute atomic E-state index is 6.25. The SMILES string of the molecule is CN(Cc1ccccc1)c1nc(-c2ccc(Br)cc2)nc2ccc(Cl)cc12. The van der Waals surface area contributed by atoms with Gasteiger partial charge in [0.2, 0.25) is 0 Å². The van der Waals surface area contributed by atoms with Crippen LogP contribution in [0.3, 0.4) is 0 Å². The Labute approximate surface area is 171 Å². The van der Waals surface area contributed by atoms with E-state index < -0.39 is 0 Å². The topological polar surface area (TPSA) is 29.0 Å². The van der Waals surface area contributed by atoms with Crippen LogP contribution >= 0.6 is 27.5 Å². The molecule has 3 nitrogen and oxygen atoms in total. The van der Waals surface area contributed by atoms with E-state index in [0.717, 1.165) is 33.3 Å². The Morgan fingerprint density at radius 2 is 1.67 bits per heavy atom. The van der Waals surface area contributed by atoms with Crippen LogP contribution in [0.1, 0.15) is 5.56 Å². The highest BCUT2D eigenvalue weighted by atomic mass is 79.9. The summed E-state index contributed by atoms with van der Waals surface area (Å²) in [6, 6.07) is 24.1. The molecular weight excluding hydrogens is 422 g/mol. The maximum atomic E-state index is 6.25. The highest BCUT2D eigenvalue weighted by molar-refractivity contribution is 9.10. The number of hydrogen-bond donors (Lipinski definition) is 0. The summed E-state index contributed by atoms with van der Waals surface area (Å²) in [4.78, 5) is 11.8. The zero-order chi connectivity index (χ0) is 18.8. The van der Waals surface area contributed by atoms with E-state index >= 15 is 0 Å². The fourth-order valence-electron chi connectivity index (χ4n) is 3.04. The molecule has 4 rings (SSSR count). The first-order valence-corrected chi connectivity index (χ1v) is 9.75. The summed E-state index contributed by atoms with van der Waals surface area (Å²) in [6.07, 6.45) is 0. The van der Waals surface area contributed by atoms with Crippen molar-refractivity contribution in [2.75, 3.05) is 11.9 Å². The van der Waals surface area contributed by atoms with Gasteiger partial charge < -0.3 is 4.90 Å². The Hall–Kier alpha value is -2.43. The molecule has 0 unspecified atom stereocenters. The predicted octanol–water partition coefficient (Wildman–Crippen LogP) is 6.35. The van der Waals surface area contributed by atoms with E-state index in [1.165, 1.54) is 5.56 Å². The fourth-order valence-corrected chi connectivity index (χ4v) is 3.47. The van der Waals surface area contributed by atoms with Gasteiger partial charge in [-0.25, -0.2) is 9.97 Å². The quantitative estimate of drug-likeness (QED) is 0.372. The summed E-state index contributed by atoms with van der Waals surface area (Å²) in [6.45, 7) is 0.749. The summed E-state index contributed by atoms with van der Waals surface area (Å²) < 4.78 is 1.03. The van der Waals surface area contributed by atoms with E-state index in [1.54, 1.807) is 0 Å². The molecule has 0 spiro atoms. The molecule has 27 heavy (non-hydrogen) atoms. The average Bonchev–Trinajstić information content (AvgIpc) is 2.68. The number of nitrogens with zero attached hydrogens (tertiary/aromatic N) is 3. The lowest BCUT2D eigenvalue weighted by Crippen LogP contribution is -2.18. The third kappa shape index (κ3) is 3.97. The van der Waals surface area contributed by atoms with Crippen molar-refractivity contribution in [1.82, 2.24) is 9.97 Å². The summed E-state index contributed by atoms with van der Waals surface area (Å²) in [5, 5.41) is 1.62. The lowest BCUT2D eigenvalue weighted by Gasteiger charge is -2.21. The second-order valence-electron chi connectivity index (χ2n) is 6.38. The molecule has 0 N–H and O–H groups in total. The number of fused-ring (bicyclic) bond motifs is 1. The Morgan fingerprint density at radius 1 is 0.926 bits per heavy atom. The van der Waals surface area contributed by atoms with Crippen LogP contribution in [0.4, 0.5) is 5.82 Å². The number of benzene rings is 3. The fraction of sp³-hybridized carbons (Fsp3) is 0.0909. The molecule has 0 saturated carbocycles. The smallest absolute Gasteiger partial charge is 0.162 e. The van der Waals surface area contributed by atoms with E-state index in [0.29, 0.717) is 10.8 Å². The molecule has 0 radical (unpaired) electrons. The number of anilines is 1. The number of halogens is 2. The van der Waals surface area contributed by atoms with Gasteiger partial charge in [0, 0.05) is 34.0 Å². The second-order valence-corrected chi connectivity index (χ2v) is 7.73. The number of aromatic nitrogens is 2. The van der Waals surface area contributed by atoms with Crippen molar-refractivity contribution in [3.8, 4) is 11.4 Å². The van der Waals surface area contributed by atoms with E-state index in [9.17, 15) is 0 Å². The van der Waals surface area contributed by atoms with Crippen molar-refractivity contribution < 1.29 is 0 Å². The Kier molecular flexibility index (Phi) is 5.10. The molecule has 0 amide bonds. The van der Waals surface area contributed by atoms with Crippen LogP contribution in [0.5, 0.6) is 0 Å². The molecule has 0 fully saturated rings. The highest BCUT2D eigenvalue weighted by Gasteiger charge is 2.14. The minimum Gasteiger partial charge on any atom is -0.355 e. The maximum Gasteiger partial charge on any atom is 0.162 e. The molecule has 3 aromatic carbocycles. The molecule has 134 valence electrons. The van der Waals surface area contributed by atoms with Gasteiger partial charge in [0.25, 0.3) is 0 Å². The Morgan fingerprint density at radius 3 is 2.41 bits per heavy atom. The zero-order valence-electron chi connectivity index (χ0n) is 14.7. The van der Waals surface area contributed by atoms with Gasteiger partial charge in [-0.2, -0.15) is 0 Å². The van der Waals surface area contributed by atoms with Gasteiger partial charge in [0.15, 0.2) is 5.82 Å². The lowest BCUT2D eigenvalue weighted by molar-refractivity contribution is 0.902. The minimum atomic E-state index is 0.678. The third-order valence-electron chi connectivity index (χ3n) is 4.36. The van der Waals surface area contributed by atoms with Gasteiger partial charge in [-0.1, -0.05) is 70.0 Å². The molecule has 0 saturated heterocycles. The lowest BCUT2D eigenvalue weighted by atomic mass is 10.1. The van der Waals surface area contributed by atoms with Crippen LogP contribution in [0.15, 0.2) is 77.3 Å². The third-order valence-corrected chi connectivity index (χ3v) is 5.13. The zero-order valence-corrected chi connectivity index (χ0v) is 17.1. The standard InChI is InChI=1S/C22H17BrClN3/c1-27(14-15-5-3-2-4-6-15)22-19-13-18(24)11-12-20(19)25-21(26-22)16-7-9-17(23)10-8-16/h2-13H,14H2,1H3. The largest absolute Gasteiger partial charge is 0.355 e. The summed E-state index contributed by atoms with van der Waals surface area (Å²) in [5.41, 5.74) is 3.07. The molecule has 5 heteroatoms. The first-order chi connectivity index (χ1) is 13.1. The van der Waals surface area contributed by atoms with Gasteiger partial charge in [0.05, 0.1) is 5.52 Å². The van der Waals surface area contributed by atoms with Crippen molar-refractivity contribution in [3.05, 3.63) is 87.9 Å². The molecule has 1 aromatic heterocycles. The van der Waals surface area contributed by atoms with Crippen LogP contribution in [0.2, 0.25) is 5.02 Å². The molecule has 0 atom stereocenters. The van der Waals surface area contributed by atoms with Crippen molar-refractivity contribution in [2.24, 2.45) is 0 Å². The van der Waals surface area contributed by atoms with E-state index in [4.69, 9.17) is 21.6 Å². The average molecular weight is 439 g/mol. The predicted molar refractivity (Wildman–Crippen MR) is 116 cm³/mol. The van der Waals surface area contributed by atoms with E-state index in [-0.39, 0.29) is 0 Å². The molecule has 1 heterocycles. The van der Waals surface area contributed by atoms with Crippen molar-refractivity contribution in [3.63, 3.8) is 0 Å². The molecular formula is C22H17BrClN3.